The standard InChI is InChI=1S/C17H22N4S.HI/c1-19-17(18)20-11-15(13-5-3-2-4-6-13)21-9-7-16-14(12-21)8-10-22-16;/h2-6,8,10,15H,7,9,11-12H2,1H3,(H3,18,19,20);1H. The van der Waals surface area contributed by atoms with E-state index < -0.39 is 0 Å². The molecule has 0 bridgehead atoms. The Morgan fingerprint density at radius 2 is 2.13 bits per heavy atom. The van der Waals surface area contributed by atoms with Gasteiger partial charge in [-0.1, -0.05) is 30.3 Å². The van der Waals surface area contributed by atoms with Crippen molar-refractivity contribution < 1.29 is 0 Å². The Bertz CT molecular complexity index is 641. The predicted molar refractivity (Wildman–Crippen MR) is 109 cm³/mol. The van der Waals surface area contributed by atoms with Gasteiger partial charge in [0.1, 0.15) is 0 Å². The molecule has 23 heavy (non-hydrogen) atoms. The van der Waals surface area contributed by atoms with Crippen LogP contribution in [0.5, 0.6) is 0 Å². The summed E-state index contributed by atoms with van der Waals surface area (Å²) >= 11 is 1.88. The number of halogens is 1. The monoisotopic (exact) mass is 442 g/mol. The summed E-state index contributed by atoms with van der Waals surface area (Å²) < 4.78 is 0. The van der Waals surface area contributed by atoms with Crippen molar-refractivity contribution in [3.8, 4) is 0 Å². The average Bonchev–Trinajstić information content (AvgIpc) is 3.03. The Hall–Kier alpha value is -1.12. The summed E-state index contributed by atoms with van der Waals surface area (Å²) in [5.74, 6) is 0.495. The highest BCUT2D eigenvalue weighted by Gasteiger charge is 2.25. The third kappa shape index (κ3) is 4.45. The molecule has 2 heterocycles. The number of nitrogens with two attached hydrogens (primary N) is 1. The van der Waals surface area contributed by atoms with Crippen molar-refractivity contribution in [3.05, 3.63) is 57.8 Å². The van der Waals surface area contributed by atoms with Crippen LogP contribution in [0.15, 0.2) is 46.8 Å². The van der Waals surface area contributed by atoms with E-state index in [1.165, 1.54) is 16.0 Å². The van der Waals surface area contributed by atoms with Gasteiger partial charge in [0, 0.05) is 31.6 Å². The van der Waals surface area contributed by atoms with Crippen LogP contribution in [-0.2, 0) is 13.0 Å². The van der Waals surface area contributed by atoms with Crippen molar-refractivity contribution >= 4 is 41.3 Å². The van der Waals surface area contributed by atoms with E-state index in [0.29, 0.717) is 12.0 Å². The topological polar surface area (TPSA) is 53.6 Å². The maximum atomic E-state index is 5.81. The van der Waals surface area contributed by atoms with Crippen LogP contribution in [0.3, 0.4) is 0 Å². The van der Waals surface area contributed by atoms with Crippen LogP contribution in [0.2, 0.25) is 0 Å². The number of benzene rings is 1. The van der Waals surface area contributed by atoms with Gasteiger partial charge >= 0.3 is 0 Å². The van der Waals surface area contributed by atoms with Crippen molar-refractivity contribution in [2.45, 2.75) is 19.0 Å². The Morgan fingerprint density at radius 3 is 2.87 bits per heavy atom. The fourth-order valence-electron chi connectivity index (χ4n) is 2.95. The lowest BCUT2D eigenvalue weighted by Crippen LogP contribution is -2.42. The quantitative estimate of drug-likeness (QED) is 0.435. The van der Waals surface area contributed by atoms with Crippen LogP contribution >= 0.6 is 35.3 Å². The number of fused-ring (bicyclic) bond motifs is 1. The molecule has 1 aliphatic heterocycles. The minimum atomic E-state index is 0. The number of aliphatic imine (C=N–C) groups is 1. The lowest BCUT2D eigenvalue weighted by atomic mass is 10.0. The number of hydrogen-bond donors (Lipinski definition) is 2. The molecule has 0 aliphatic carbocycles. The van der Waals surface area contributed by atoms with E-state index in [2.05, 4.69) is 57.0 Å². The maximum Gasteiger partial charge on any atom is 0.188 e. The van der Waals surface area contributed by atoms with Gasteiger partial charge in [0.25, 0.3) is 0 Å². The van der Waals surface area contributed by atoms with Crippen molar-refractivity contribution in [1.82, 2.24) is 10.2 Å². The van der Waals surface area contributed by atoms with E-state index >= 15 is 0 Å². The lowest BCUT2D eigenvalue weighted by molar-refractivity contribution is 0.181. The molecule has 0 amide bonds. The molecule has 0 spiro atoms. The molecule has 3 N–H and O–H groups in total. The van der Waals surface area contributed by atoms with Gasteiger partial charge in [-0.05, 0) is 29.0 Å². The minimum Gasteiger partial charge on any atom is -0.370 e. The van der Waals surface area contributed by atoms with Gasteiger partial charge in [-0.2, -0.15) is 0 Å². The van der Waals surface area contributed by atoms with Crippen LogP contribution in [-0.4, -0.2) is 31.0 Å². The molecule has 0 radical (unpaired) electrons. The van der Waals surface area contributed by atoms with Gasteiger partial charge < -0.3 is 11.1 Å². The molecule has 0 saturated heterocycles. The van der Waals surface area contributed by atoms with Crippen LogP contribution in [0.4, 0.5) is 0 Å². The van der Waals surface area contributed by atoms with E-state index in [1.54, 1.807) is 7.05 Å². The van der Waals surface area contributed by atoms with Gasteiger partial charge in [0.05, 0.1) is 6.04 Å². The molecule has 3 rings (SSSR count). The zero-order chi connectivity index (χ0) is 15.4. The summed E-state index contributed by atoms with van der Waals surface area (Å²) in [4.78, 5) is 8.05. The number of nitrogens with zero attached hydrogens (tertiary/aromatic N) is 2. The zero-order valence-corrected chi connectivity index (χ0v) is 16.4. The molecular formula is C17H23IN4S. The summed E-state index contributed by atoms with van der Waals surface area (Å²) in [6, 6.07) is 13.2. The van der Waals surface area contributed by atoms with E-state index in [1.807, 2.05) is 11.3 Å². The average molecular weight is 442 g/mol. The summed E-state index contributed by atoms with van der Waals surface area (Å²) in [5, 5.41) is 5.43. The molecular weight excluding hydrogens is 419 g/mol. The van der Waals surface area contributed by atoms with E-state index in [0.717, 1.165) is 26.1 Å². The number of nitrogens with one attached hydrogen (secondary N) is 1. The molecule has 2 aromatic rings. The first-order chi connectivity index (χ1) is 10.8. The SMILES string of the molecule is CN=C(N)NCC(c1ccccc1)N1CCc2sccc2C1.I. The van der Waals surface area contributed by atoms with Gasteiger partial charge in [-0.25, -0.2) is 0 Å². The van der Waals surface area contributed by atoms with Gasteiger partial charge in [0.15, 0.2) is 5.96 Å². The van der Waals surface area contributed by atoms with Crippen LogP contribution in [0.25, 0.3) is 0 Å². The number of thiophene rings is 1. The minimum absolute atomic E-state index is 0. The Morgan fingerprint density at radius 1 is 1.35 bits per heavy atom. The van der Waals surface area contributed by atoms with E-state index in [9.17, 15) is 0 Å². The number of hydrogen-bond acceptors (Lipinski definition) is 3. The number of rotatable bonds is 4. The molecule has 6 heteroatoms. The van der Waals surface area contributed by atoms with Crippen LogP contribution in [0.1, 0.15) is 22.0 Å². The van der Waals surface area contributed by atoms with Crippen molar-refractivity contribution in [1.29, 1.82) is 0 Å². The highest BCUT2D eigenvalue weighted by Crippen LogP contribution is 2.30. The summed E-state index contributed by atoms with van der Waals surface area (Å²) in [6.45, 7) is 2.85. The van der Waals surface area contributed by atoms with E-state index in [4.69, 9.17) is 5.73 Å². The van der Waals surface area contributed by atoms with Gasteiger partial charge in [0.2, 0.25) is 0 Å². The maximum absolute atomic E-state index is 5.81. The molecule has 1 aromatic heterocycles. The van der Waals surface area contributed by atoms with Crippen molar-refractivity contribution in [3.63, 3.8) is 0 Å². The molecule has 0 fully saturated rings. The molecule has 1 atom stereocenters. The van der Waals surface area contributed by atoms with Crippen LogP contribution < -0.4 is 11.1 Å². The van der Waals surface area contributed by atoms with Crippen molar-refractivity contribution in [2.75, 3.05) is 20.1 Å². The Balaban J connectivity index is 0.00000192. The fraction of sp³-hybridized carbons (Fsp3) is 0.353. The van der Waals surface area contributed by atoms with E-state index in [-0.39, 0.29) is 24.0 Å². The van der Waals surface area contributed by atoms with Crippen LogP contribution in [0, 0.1) is 0 Å². The van der Waals surface area contributed by atoms with Crippen molar-refractivity contribution in [2.24, 2.45) is 10.7 Å². The third-order valence-corrected chi connectivity index (χ3v) is 5.20. The summed E-state index contributed by atoms with van der Waals surface area (Å²) in [5.41, 5.74) is 8.60. The fourth-order valence-corrected chi connectivity index (χ4v) is 3.84. The summed E-state index contributed by atoms with van der Waals surface area (Å²) in [6.07, 6.45) is 1.13. The molecule has 1 aliphatic rings. The number of guanidine groups is 1. The first-order valence-electron chi connectivity index (χ1n) is 7.58. The molecule has 4 nitrogen and oxygen atoms in total. The zero-order valence-electron chi connectivity index (χ0n) is 13.2. The van der Waals surface area contributed by atoms with Gasteiger partial charge in [-0.3, -0.25) is 9.89 Å². The normalized spacial score (nSPS) is 16.3. The first-order valence-corrected chi connectivity index (χ1v) is 8.46. The molecule has 1 unspecified atom stereocenters. The smallest absolute Gasteiger partial charge is 0.188 e. The second kappa shape index (κ2) is 8.65. The Labute approximate surface area is 158 Å². The Kier molecular flexibility index (Phi) is 6.86. The molecule has 124 valence electrons. The predicted octanol–water partition coefficient (Wildman–Crippen LogP) is 3.00. The van der Waals surface area contributed by atoms with Gasteiger partial charge in [-0.15, -0.1) is 35.3 Å². The second-order valence-electron chi connectivity index (χ2n) is 5.51. The molecule has 1 aromatic carbocycles. The largest absolute Gasteiger partial charge is 0.370 e. The highest BCUT2D eigenvalue weighted by molar-refractivity contribution is 14.0. The highest BCUT2D eigenvalue weighted by atomic mass is 127. The lowest BCUT2D eigenvalue weighted by Gasteiger charge is -2.35. The first kappa shape index (κ1) is 18.2. The third-order valence-electron chi connectivity index (χ3n) is 4.18. The second-order valence-corrected chi connectivity index (χ2v) is 6.51. The summed E-state index contributed by atoms with van der Waals surface area (Å²) in [7, 11) is 1.71. The molecule has 0 saturated carbocycles.